The summed E-state index contributed by atoms with van der Waals surface area (Å²) in [4.78, 5) is 36.0. The summed E-state index contributed by atoms with van der Waals surface area (Å²) in [6.45, 7) is 10.0. The summed E-state index contributed by atoms with van der Waals surface area (Å²) in [6.07, 6.45) is -0.255. The first kappa shape index (κ1) is 34.2. The summed E-state index contributed by atoms with van der Waals surface area (Å²) >= 11 is 0. The Hall–Kier alpha value is -2.24. The van der Waals surface area contributed by atoms with Crippen LogP contribution in [0.2, 0.25) is 0 Å². The first-order chi connectivity index (χ1) is 11.2. The van der Waals surface area contributed by atoms with Crippen LogP contribution >= 0.6 is 0 Å². The van der Waals surface area contributed by atoms with Crippen LogP contribution in [0.1, 0.15) is 41.5 Å². The Morgan fingerprint density at radius 3 is 1.16 bits per heavy atom. The molecule has 11 heteroatoms. The highest BCUT2D eigenvalue weighted by molar-refractivity contribution is 5.63. The zero-order valence-corrected chi connectivity index (χ0v) is 15.5. The van der Waals surface area contributed by atoms with E-state index in [4.69, 9.17) is 54.8 Å². The van der Waals surface area contributed by atoms with Gasteiger partial charge in [-0.05, 0) is 13.8 Å². The second-order valence-electron chi connectivity index (χ2n) is 3.73. The van der Waals surface area contributed by atoms with Crippen molar-refractivity contribution < 1.29 is 49.1 Å². The van der Waals surface area contributed by atoms with Crippen molar-refractivity contribution in [3.63, 3.8) is 0 Å². The molecule has 0 aliphatic heterocycles. The molecule has 0 radical (unpaired) electrons. The van der Waals surface area contributed by atoms with Crippen molar-refractivity contribution in [2.75, 3.05) is 19.8 Å². The number of hydrogen-bond acceptors (Lipinski definition) is 7. The molecule has 0 rings (SSSR count). The minimum absolute atomic E-state index is 0.255. The molecule has 0 amide bonds. The first-order valence-corrected chi connectivity index (χ1v) is 6.97. The summed E-state index contributed by atoms with van der Waals surface area (Å²) in [5.41, 5.74) is 5.42. The van der Waals surface area contributed by atoms with Crippen molar-refractivity contribution in [3.05, 3.63) is 0 Å². The predicted molar refractivity (Wildman–Crippen MR) is 89.3 cm³/mol. The van der Waals surface area contributed by atoms with Gasteiger partial charge < -0.3 is 35.6 Å². The third kappa shape index (κ3) is 375. The molecule has 0 aromatic carbocycles. The van der Waals surface area contributed by atoms with E-state index in [1.165, 1.54) is 0 Å². The van der Waals surface area contributed by atoms with Gasteiger partial charge in [-0.1, -0.05) is 0 Å². The highest BCUT2D eigenvalue weighted by Gasteiger charge is 1.97. The molecule has 0 spiro atoms. The molecule has 0 aromatic heterocycles. The average molecular weight is 373 g/mol. The van der Waals surface area contributed by atoms with Crippen LogP contribution < -0.4 is 5.73 Å². The first-order valence-electron chi connectivity index (χ1n) is 6.97. The van der Waals surface area contributed by atoms with Gasteiger partial charge in [-0.3, -0.25) is 19.2 Å². The number of nitrogens with two attached hydrogens (primary N) is 1. The Bertz CT molecular complexity index is 270. The van der Waals surface area contributed by atoms with Gasteiger partial charge in [0, 0.05) is 40.9 Å². The lowest BCUT2D eigenvalue weighted by Gasteiger charge is -2.09. The largest absolute Gasteiger partial charge is 0.481 e. The molecule has 1 atom stereocenters. The normalized spacial score (nSPS) is 8.92. The number of carboxylic acids is 4. The highest BCUT2D eigenvalue weighted by atomic mass is 16.5. The van der Waals surface area contributed by atoms with Gasteiger partial charge in [0.05, 0.1) is 6.61 Å². The van der Waals surface area contributed by atoms with Gasteiger partial charge in [0.2, 0.25) is 0 Å². The highest BCUT2D eigenvalue weighted by Crippen LogP contribution is 1.83. The van der Waals surface area contributed by atoms with Crippen LogP contribution in [-0.4, -0.2) is 70.4 Å². The topological polar surface area (TPSA) is 194 Å². The fourth-order valence-corrected chi connectivity index (χ4v) is 0.496. The van der Waals surface area contributed by atoms with Crippen molar-refractivity contribution >= 4 is 23.9 Å². The molecule has 0 aromatic rings. The van der Waals surface area contributed by atoms with Crippen LogP contribution in [0.25, 0.3) is 0 Å². The molecule has 152 valence electrons. The van der Waals surface area contributed by atoms with E-state index in [9.17, 15) is 0 Å². The smallest absolute Gasteiger partial charge is 0.300 e. The molecule has 25 heavy (non-hydrogen) atoms. The molecule has 0 saturated carbocycles. The standard InChI is InChI=1S/C6H15NO2.4C2H4O2/c1-3-8-5-6(7)9-4-2;4*1-2(3)4/h6H,3-5,7H2,1-2H3;4*1H3,(H,3,4). The van der Waals surface area contributed by atoms with E-state index in [2.05, 4.69) is 0 Å². The van der Waals surface area contributed by atoms with Crippen molar-refractivity contribution in [1.82, 2.24) is 0 Å². The SMILES string of the molecule is CC(=O)O.CC(=O)O.CC(=O)O.CC(=O)O.CCOCC(N)OCC. The molecule has 0 saturated heterocycles. The molecular formula is C14H31NO10. The third-order valence-electron chi connectivity index (χ3n) is 0.867. The summed E-state index contributed by atoms with van der Waals surface area (Å²) in [7, 11) is 0. The van der Waals surface area contributed by atoms with Crippen LogP contribution in [0.3, 0.4) is 0 Å². The maximum atomic E-state index is 9.00. The van der Waals surface area contributed by atoms with E-state index < -0.39 is 23.9 Å². The molecule has 0 bridgehead atoms. The lowest BCUT2D eigenvalue weighted by atomic mass is 10.6. The molecule has 0 fully saturated rings. The van der Waals surface area contributed by atoms with Crippen molar-refractivity contribution in [3.8, 4) is 0 Å². The van der Waals surface area contributed by atoms with E-state index in [0.717, 1.165) is 27.7 Å². The zero-order chi connectivity index (χ0) is 21.4. The van der Waals surface area contributed by atoms with Gasteiger partial charge in [-0.15, -0.1) is 0 Å². The maximum absolute atomic E-state index is 9.00. The Kier molecular flexibility index (Phi) is 40.6. The number of carbonyl (C=O) groups is 4. The maximum Gasteiger partial charge on any atom is 0.300 e. The second kappa shape index (κ2) is 29.7. The average Bonchev–Trinajstić information content (AvgIpc) is 2.34. The summed E-state index contributed by atoms with van der Waals surface area (Å²) in [5, 5.41) is 29.7. The Balaban J connectivity index is -0.0000000714. The van der Waals surface area contributed by atoms with Crippen molar-refractivity contribution in [1.29, 1.82) is 0 Å². The molecule has 6 N–H and O–H groups in total. The fourth-order valence-electron chi connectivity index (χ4n) is 0.496. The fraction of sp³-hybridized carbons (Fsp3) is 0.714. The quantitative estimate of drug-likeness (QED) is 0.426. The van der Waals surface area contributed by atoms with Crippen LogP contribution in [0, 0.1) is 0 Å². The summed E-state index contributed by atoms with van der Waals surface area (Å²) in [5.74, 6) is -3.33. The monoisotopic (exact) mass is 373 g/mol. The summed E-state index contributed by atoms with van der Waals surface area (Å²) in [6, 6.07) is 0. The number of hydrogen-bond donors (Lipinski definition) is 5. The second-order valence-corrected chi connectivity index (χ2v) is 3.73. The minimum atomic E-state index is -0.833. The van der Waals surface area contributed by atoms with Gasteiger partial charge in [-0.2, -0.15) is 0 Å². The molecule has 0 aliphatic rings. The van der Waals surface area contributed by atoms with Crippen molar-refractivity contribution in [2.45, 2.75) is 47.8 Å². The molecule has 1 unspecified atom stereocenters. The van der Waals surface area contributed by atoms with E-state index in [0.29, 0.717) is 19.8 Å². The van der Waals surface area contributed by atoms with E-state index in [1.54, 1.807) is 0 Å². The van der Waals surface area contributed by atoms with Gasteiger partial charge in [0.25, 0.3) is 23.9 Å². The lowest BCUT2D eigenvalue weighted by molar-refractivity contribution is -0.135. The number of carboxylic acid groups (broad SMARTS) is 4. The van der Waals surface area contributed by atoms with Gasteiger partial charge >= 0.3 is 0 Å². The number of aliphatic carboxylic acids is 4. The number of rotatable bonds is 5. The van der Waals surface area contributed by atoms with Gasteiger partial charge in [-0.25, -0.2) is 0 Å². The van der Waals surface area contributed by atoms with E-state index >= 15 is 0 Å². The van der Waals surface area contributed by atoms with Gasteiger partial charge in [0.1, 0.15) is 6.23 Å². The van der Waals surface area contributed by atoms with E-state index in [-0.39, 0.29) is 6.23 Å². The minimum Gasteiger partial charge on any atom is -0.481 e. The summed E-state index contributed by atoms with van der Waals surface area (Å²) < 4.78 is 9.99. The Morgan fingerprint density at radius 2 is 1.00 bits per heavy atom. The predicted octanol–water partition coefficient (Wildman–Crippen LogP) is 0.708. The van der Waals surface area contributed by atoms with Crippen LogP contribution in [-0.2, 0) is 28.7 Å². The molecule has 0 aliphatic carbocycles. The Labute approximate surface area is 147 Å². The van der Waals surface area contributed by atoms with Crippen molar-refractivity contribution in [2.24, 2.45) is 5.73 Å². The lowest BCUT2D eigenvalue weighted by Crippen LogP contribution is -2.29. The van der Waals surface area contributed by atoms with E-state index in [1.807, 2.05) is 13.8 Å². The molecule has 11 nitrogen and oxygen atoms in total. The van der Waals surface area contributed by atoms with Crippen LogP contribution in [0.5, 0.6) is 0 Å². The Morgan fingerprint density at radius 1 is 0.760 bits per heavy atom. The van der Waals surface area contributed by atoms with Crippen LogP contribution in [0.15, 0.2) is 0 Å². The zero-order valence-electron chi connectivity index (χ0n) is 15.5. The van der Waals surface area contributed by atoms with Gasteiger partial charge in [0.15, 0.2) is 0 Å². The van der Waals surface area contributed by atoms with Crippen LogP contribution in [0.4, 0.5) is 0 Å². The number of ether oxygens (including phenoxy) is 2. The molecule has 0 heterocycles. The third-order valence-corrected chi connectivity index (χ3v) is 0.867. The molecular weight excluding hydrogens is 342 g/mol.